The first-order valence-electron chi connectivity index (χ1n) is 8.49. The molecule has 2 N–H and O–H groups in total. The van der Waals surface area contributed by atoms with Gasteiger partial charge in [-0.25, -0.2) is 4.98 Å². The normalized spacial score (nSPS) is 11.1. The smallest absolute Gasteiger partial charge is 0.258 e. The number of hydrogen-bond acceptors (Lipinski definition) is 3. The van der Waals surface area contributed by atoms with E-state index in [-0.39, 0.29) is 18.0 Å². The van der Waals surface area contributed by atoms with Crippen LogP contribution in [0.3, 0.4) is 0 Å². The van der Waals surface area contributed by atoms with Crippen molar-refractivity contribution in [3.63, 3.8) is 0 Å². The highest BCUT2D eigenvalue weighted by atomic mass is 16.2. The van der Waals surface area contributed by atoms with E-state index in [2.05, 4.69) is 15.3 Å². The number of nitrogens with zero attached hydrogens (tertiary/aromatic N) is 2. The zero-order valence-electron chi connectivity index (χ0n) is 14.1. The van der Waals surface area contributed by atoms with Gasteiger partial charge in [-0.3, -0.25) is 9.59 Å². The molecule has 2 heterocycles. The highest BCUT2D eigenvalue weighted by molar-refractivity contribution is 5.83. The second-order valence-electron chi connectivity index (χ2n) is 6.13. The third-order valence-corrected chi connectivity index (χ3v) is 4.34. The zero-order valence-corrected chi connectivity index (χ0v) is 14.1. The van der Waals surface area contributed by atoms with Crippen molar-refractivity contribution < 1.29 is 4.79 Å². The maximum atomic E-state index is 12.2. The first kappa shape index (κ1) is 16.1. The van der Waals surface area contributed by atoms with E-state index < -0.39 is 0 Å². The molecule has 26 heavy (non-hydrogen) atoms. The number of para-hydroxylation sites is 2. The van der Waals surface area contributed by atoms with E-state index in [0.717, 1.165) is 10.9 Å². The van der Waals surface area contributed by atoms with Crippen LogP contribution in [0.5, 0.6) is 0 Å². The van der Waals surface area contributed by atoms with E-state index in [1.54, 1.807) is 6.07 Å². The Morgan fingerprint density at radius 2 is 1.88 bits per heavy atom. The van der Waals surface area contributed by atoms with E-state index in [0.29, 0.717) is 29.7 Å². The van der Waals surface area contributed by atoms with E-state index >= 15 is 0 Å². The highest BCUT2D eigenvalue weighted by Crippen LogP contribution is 2.14. The van der Waals surface area contributed by atoms with Gasteiger partial charge >= 0.3 is 0 Å². The van der Waals surface area contributed by atoms with Gasteiger partial charge in [-0.1, -0.05) is 30.3 Å². The standard InChI is InChI=1S/C20H18N4O2/c25-19(13-24-12-10-14-5-1-4-8-17(14)24)21-11-9-18-22-16-7-3-2-6-15(16)20(26)23-18/h1-8,10,12H,9,11,13H2,(H,21,25)(H,22,23,26). The molecule has 0 fully saturated rings. The van der Waals surface area contributed by atoms with Gasteiger partial charge in [0.05, 0.1) is 10.9 Å². The fourth-order valence-electron chi connectivity index (χ4n) is 3.06. The molecule has 2 aromatic heterocycles. The number of aromatic nitrogens is 3. The lowest BCUT2D eigenvalue weighted by Gasteiger charge is -2.08. The summed E-state index contributed by atoms with van der Waals surface area (Å²) in [5.41, 5.74) is 1.54. The average molecular weight is 346 g/mol. The Bertz CT molecular complexity index is 1140. The Kier molecular flexibility index (Phi) is 4.23. The maximum absolute atomic E-state index is 12.2. The van der Waals surface area contributed by atoms with Crippen LogP contribution in [-0.4, -0.2) is 27.0 Å². The summed E-state index contributed by atoms with van der Waals surface area (Å²) in [5, 5.41) is 4.56. The van der Waals surface area contributed by atoms with E-state index in [1.165, 1.54) is 0 Å². The minimum Gasteiger partial charge on any atom is -0.354 e. The van der Waals surface area contributed by atoms with Gasteiger partial charge in [0.1, 0.15) is 12.4 Å². The van der Waals surface area contributed by atoms with Crippen LogP contribution in [0.1, 0.15) is 5.82 Å². The number of rotatable bonds is 5. The van der Waals surface area contributed by atoms with Crippen molar-refractivity contribution in [2.45, 2.75) is 13.0 Å². The lowest BCUT2D eigenvalue weighted by atomic mass is 10.2. The second-order valence-corrected chi connectivity index (χ2v) is 6.13. The van der Waals surface area contributed by atoms with Gasteiger partial charge in [0.25, 0.3) is 5.56 Å². The Hall–Kier alpha value is -3.41. The van der Waals surface area contributed by atoms with E-state index in [9.17, 15) is 9.59 Å². The van der Waals surface area contributed by atoms with Crippen LogP contribution < -0.4 is 10.9 Å². The molecule has 0 spiro atoms. The number of amides is 1. The summed E-state index contributed by atoms with van der Waals surface area (Å²) in [6.45, 7) is 0.675. The van der Waals surface area contributed by atoms with Crippen LogP contribution in [0.15, 0.2) is 65.6 Å². The molecule has 0 aliphatic heterocycles. The lowest BCUT2D eigenvalue weighted by Crippen LogP contribution is -2.29. The van der Waals surface area contributed by atoms with Crippen LogP contribution in [0.4, 0.5) is 0 Å². The fraction of sp³-hybridized carbons (Fsp3) is 0.150. The molecule has 4 aromatic rings. The Morgan fingerprint density at radius 3 is 2.81 bits per heavy atom. The Morgan fingerprint density at radius 1 is 1.08 bits per heavy atom. The predicted molar refractivity (Wildman–Crippen MR) is 101 cm³/mol. The summed E-state index contributed by atoms with van der Waals surface area (Å²) in [4.78, 5) is 31.5. The minimum absolute atomic E-state index is 0.0745. The van der Waals surface area contributed by atoms with Gasteiger partial charge in [-0.05, 0) is 29.7 Å². The number of nitrogens with one attached hydrogen (secondary N) is 2. The fourth-order valence-corrected chi connectivity index (χ4v) is 3.06. The SMILES string of the molecule is O=C(Cn1ccc2ccccc21)NCCc1nc2ccccc2c(=O)[nH]1. The van der Waals surface area contributed by atoms with Crippen molar-refractivity contribution in [1.29, 1.82) is 0 Å². The number of carbonyl (C=O) groups is 1. The first-order chi connectivity index (χ1) is 12.7. The molecule has 0 unspecified atom stereocenters. The molecule has 6 heteroatoms. The summed E-state index contributed by atoms with van der Waals surface area (Å²) in [7, 11) is 0. The molecule has 0 radical (unpaired) electrons. The number of H-pyrrole nitrogens is 1. The van der Waals surface area contributed by atoms with Gasteiger partial charge in [0.2, 0.25) is 5.91 Å². The number of carbonyl (C=O) groups excluding carboxylic acids is 1. The van der Waals surface area contributed by atoms with Crippen LogP contribution in [-0.2, 0) is 17.8 Å². The monoisotopic (exact) mass is 346 g/mol. The van der Waals surface area contributed by atoms with Gasteiger partial charge < -0.3 is 14.9 Å². The molecule has 0 atom stereocenters. The molecule has 1 amide bonds. The molecule has 0 aliphatic rings. The molecular weight excluding hydrogens is 328 g/mol. The van der Waals surface area contributed by atoms with Crippen LogP contribution >= 0.6 is 0 Å². The predicted octanol–water partition coefficient (Wildman–Crippen LogP) is 2.24. The van der Waals surface area contributed by atoms with Crippen LogP contribution in [0.25, 0.3) is 21.8 Å². The zero-order chi connectivity index (χ0) is 17.9. The number of fused-ring (bicyclic) bond motifs is 2. The van der Waals surface area contributed by atoms with Crippen molar-refractivity contribution in [1.82, 2.24) is 19.9 Å². The van der Waals surface area contributed by atoms with Crippen molar-refractivity contribution >= 4 is 27.7 Å². The van der Waals surface area contributed by atoms with Gasteiger partial charge in [-0.2, -0.15) is 0 Å². The van der Waals surface area contributed by atoms with Crippen LogP contribution in [0, 0.1) is 0 Å². The summed E-state index contributed by atoms with van der Waals surface area (Å²) < 4.78 is 1.92. The average Bonchev–Trinajstić information content (AvgIpc) is 3.05. The summed E-state index contributed by atoms with van der Waals surface area (Å²) in [6.07, 6.45) is 2.38. The molecule has 130 valence electrons. The van der Waals surface area contributed by atoms with Gasteiger partial charge in [0.15, 0.2) is 0 Å². The number of aromatic amines is 1. The molecule has 4 rings (SSSR count). The van der Waals surface area contributed by atoms with Crippen molar-refractivity contribution in [2.24, 2.45) is 0 Å². The van der Waals surface area contributed by atoms with Gasteiger partial charge in [0, 0.05) is 24.7 Å². The first-order valence-corrected chi connectivity index (χ1v) is 8.49. The van der Waals surface area contributed by atoms with E-state index in [4.69, 9.17) is 0 Å². The van der Waals surface area contributed by atoms with Crippen molar-refractivity contribution in [3.8, 4) is 0 Å². The number of benzene rings is 2. The lowest BCUT2D eigenvalue weighted by molar-refractivity contribution is -0.121. The molecule has 0 saturated heterocycles. The van der Waals surface area contributed by atoms with Crippen molar-refractivity contribution in [3.05, 3.63) is 77.0 Å². The molecule has 6 nitrogen and oxygen atoms in total. The third kappa shape index (κ3) is 3.21. The minimum atomic E-state index is -0.157. The largest absolute Gasteiger partial charge is 0.354 e. The summed E-state index contributed by atoms with van der Waals surface area (Å²) >= 11 is 0. The summed E-state index contributed by atoms with van der Waals surface area (Å²) in [5.74, 6) is 0.495. The third-order valence-electron chi connectivity index (χ3n) is 4.34. The second kappa shape index (κ2) is 6.84. The highest BCUT2D eigenvalue weighted by Gasteiger charge is 2.07. The van der Waals surface area contributed by atoms with E-state index in [1.807, 2.05) is 59.3 Å². The van der Waals surface area contributed by atoms with Crippen molar-refractivity contribution in [2.75, 3.05) is 6.54 Å². The molecule has 2 aromatic carbocycles. The molecule has 0 bridgehead atoms. The molecular formula is C20H18N4O2. The Balaban J connectivity index is 1.39. The Labute approximate surface area is 149 Å². The molecule has 0 aliphatic carbocycles. The number of hydrogen-bond donors (Lipinski definition) is 2. The topological polar surface area (TPSA) is 79.8 Å². The van der Waals surface area contributed by atoms with Gasteiger partial charge in [-0.15, -0.1) is 0 Å². The maximum Gasteiger partial charge on any atom is 0.258 e. The quantitative estimate of drug-likeness (QED) is 0.582. The summed E-state index contributed by atoms with van der Waals surface area (Å²) in [6, 6.07) is 17.1. The van der Waals surface area contributed by atoms with Crippen LogP contribution in [0.2, 0.25) is 0 Å². The molecule has 0 saturated carbocycles.